The molecule has 0 bridgehead atoms. The number of ether oxygens (including phenoxy) is 1. The molecule has 14 heavy (non-hydrogen) atoms. The first-order valence-corrected chi connectivity index (χ1v) is 5.17. The summed E-state index contributed by atoms with van der Waals surface area (Å²) in [5.41, 5.74) is 0. The summed E-state index contributed by atoms with van der Waals surface area (Å²) >= 11 is 0. The zero-order valence-corrected chi connectivity index (χ0v) is 9.72. The fourth-order valence-corrected chi connectivity index (χ4v) is 0.910. The van der Waals surface area contributed by atoms with Gasteiger partial charge in [0.15, 0.2) is 0 Å². The Balaban J connectivity index is 0.000000791. The van der Waals surface area contributed by atoms with Crippen molar-refractivity contribution in [2.45, 2.75) is 40.7 Å². The first kappa shape index (κ1) is 12.8. The van der Waals surface area contributed by atoms with Gasteiger partial charge in [-0.25, -0.2) is 0 Å². The third kappa shape index (κ3) is 4.74. The summed E-state index contributed by atoms with van der Waals surface area (Å²) < 4.78 is 5.19. The Morgan fingerprint density at radius 2 is 2.14 bits per heavy atom. The first-order valence-electron chi connectivity index (χ1n) is 5.17. The maximum atomic E-state index is 5.19. The lowest BCUT2D eigenvalue weighted by Gasteiger charge is -2.04. The minimum atomic E-state index is 0.403. The normalized spacial score (nSPS) is 9.29. The molecule has 0 radical (unpaired) electrons. The lowest BCUT2D eigenvalue weighted by Crippen LogP contribution is -2.09. The number of aromatic nitrogens is 2. The molecule has 0 unspecified atom stereocenters. The fraction of sp³-hybridized carbons (Fsp3) is 0.700. The van der Waals surface area contributed by atoms with Crippen molar-refractivity contribution in [1.29, 1.82) is 0 Å². The Morgan fingerprint density at radius 1 is 1.50 bits per heavy atom. The minimum Gasteiger partial charge on any atom is -0.477 e. The summed E-state index contributed by atoms with van der Waals surface area (Å²) in [6, 6.07) is 2.25. The van der Waals surface area contributed by atoms with Crippen LogP contribution in [0.5, 0.6) is 5.88 Å². The second-order valence-electron chi connectivity index (χ2n) is 2.85. The van der Waals surface area contributed by atoms with Gasteiger partial charge in [0.2, 0.25) is 5.88 Å². The van der Waals surface area contributed by atoms with E-state index in [0.29, 0.717) is 18.5 Å². The topological polar surface area (TPSA) is 49.9 Å². The van der Waals surface area contributed by atoms with Gasteiger partial charge >= 0.3 is 0 Å². The molecule has 1 heterocycles. The highest BCUT2D eigenvalue weighted by atomic mass is 16.5. The van der Waals surface area contributed by atoms with Crippen LogP contribution in [-0.2, 0) is 0 Å². The summed E-state index contributed by atoms with van der Waals surface area (Å²) in [6.07, 6.45) is 0. The molecule has 0 aliphatic carbocycles. The number of aromatic amines is 1. The maximum Gasteiger partial charge on any atom is 0.234 e. The molecule has 0 aromatic carbocycles. The van der Waals surface area contributed by atoms with E-state index in [1.807, 2.05) is 26.8 Å². The van der Waals surface area contributed by atoms with Crippen molar-refractivity contribution in [2.75, 3.05) is 11.9 Å². The number of nitrogens with one attached hydrogen (secondary N) is 2. The van der Waals surface area contributed by atoms with Crippen molar-refractivity contribution in [2.24, 2.45) is 0 Å². The van der Waals surface area contributed by atoms with Crippen molar-refractivity contribution in [3.8, 4) is 5.88 Å². The summed E-state index contributed by atoms with van der Waals surface area (Å²) in [4.78, 5) is 0. The Morgan fingerprint density at radius 3 is 2.64 bits per heavy atom. The maximum absolute atomic E-state index is 5.19. The molecule has 0 atom stereocenters. The highest BCUT2D eigenvalue weighted by Gasteiger charge is 2.00. The van der Waals surface area contributed by atoms with Crippen LogP contribution in [0.15, 0.2) is 6.07 Å². The molecule has 4 nitrogen and oxygen atoms in total. The first-order chi connectivity index (χ1) is 6.72. The Labute approximate surface area is 86.1 Å². The number of hydrogen-bond donors (Lipinski definition) is 2. The number of hydrogen-bond acceptors (Lipinski definition) is 3. The third-order valence-electron chi connectivity index (χ3n) is 1.29. The van der Waals surface area contributed by atoms with Gasteiger partial charge in [0.25, 0.3) is 0 Å². The zero-order chi connectivity index (χ0) is 11.0. The van der Waals surface area contributed by atoms with Crippen molar-refractivity contribution < 1.29 is 4.74 Å². The van der Waals surface area contributed by atoms with E-state index in [2.05, 4.69) is 29.4 Å². The minimum absolute atomic E-state index is 0.403. The van der Waals surface area contributed by atoms with E-state index in [1.54, 1.807) is 0 Å². The molecule has 0 spiro atoms. The summed E-state index contributed by atoms with van der Waals surface area (Å²) in [5, 5.41) is 9.97. The zero-order valence-electron chi connectivity index (χ0n) is 9.72. The average molecular weight is 199 g/mol. The standard InChI is InChI=1S/C8H15N3O.C2H6/c1-4-12-8-5-7(10-11-8)9-6(2)3;1-2/h5-6H,4H2,1-3H3,(H2,9,10,11);1-2H3. The van der Waals surface area contributed by atoms with Crippen LogP contribution in [0.4, 0.5) is 5.82 Å². The highest BCUT2D eigenvalue weighted by Crippen LogP contribution is 2.12. The van der Waals surface area contributed by atoms with E-state index in [9.17, 15) is 0 Å². The van der Waals surface area contributed by atoms with E-state index in [4.69, 9.17) is 4.74 Å². The van der Waals surface area contributed by atoms with Gasteiger partial charge in [0.1, 0.15) is 5.82 Å². The molecule has 0 aliphatic heterocycles. The van der Waals surface area contributed by atoms with E-state index in [0.717, 1.165) is 5.82 Å². The predicted molar refractivity (Wildman–Crippen MR) is 59.9 cm³/mol. The number of anilines is 1. The molecule has 4 heteroatoms. The molecule has 1 aromatic heterocycles. The SMILES string of the molecule is CC.CCOc1cc(NC(C)C)[nH]n1. The molecule has 0 saturated heterocycles. The highest BCUT2D eigenvalue weighted by molar-refractivity contribution is 5.38. The molecule has 0 aliphatic rings. The van der Waals surface area contributed by atoms with Gasteiger partial charge in [-0.05, 0) is 20.8 Å². The summed E-state index contributed by atoms with van der Waals surface area (Å²) in [5.74, 6) is 1.54. The van der Waals surface area contributed by atoms with E-state index >= 15 is 0 Å². The molecule has 0 amide bonds. The predicted octanol–water partition coefficient (Wildman–Crippen LogP) is 2.65. The van der Waals surface area contributed by atoms with E-state index < -0.39 is 0 Å². The Bertz CT molecular complexity index is 233. The molecular weight excluding hydrogens is 178 g/mol. The van der Waals surface area contributed by atoms with E-state index in [-0.39, 0.29) is 0 Å². The number of rotatable bonds is 4. The van der Waals surface area contributed by atoms with Crippen LogP contribution in [0, 0.1) is 0 Å². The van der Waals surface area contributed by atoms with E-state index in [1.165, 1.54) is 0 Å². The molecule has 0 saturated carbocycles. The number of H-pyrrole nitrogens is 1. The lowest BCUT2D eigenvalue weighted by atomic mass is 10.4. The molecule has 1 aromatic rings. The van der Waals surface area contributed by atoms with Gasteiger partial charge in [-0.2, -0.15) is 0 Å². The quantitative estimate of drug-likeness (QED) is 0.783. The monoisotopic (exact) mass is 199 g/mol. The summed E-state index contributed by atoms with van der Waals surface area (Å²) in [7, 11) is 0. The molecule has 2 N–H and O–H groups in total. The molecule has 0 fully saturated rings. The van der Waals surface area contributed by atoms with Crippen LogP contribution in [-0.4, -0.2) is 22.8 Å². The van der Waals surface area contributed by atoms with Crippen LogP contribution in [0.2, 0.25) is 0 Å². The van der Waals surface area contributed by atoms with Gasteiger partial charge in [-0.3, -0.25) is 5.10 Å². The van der Waals surface area contributed by atoms with Crippen LogP contribution >= 0.6 is 0 Å². The molecular formula is C10H21N3O. The van der Waals surface area contributed by atoms with Gasteiger partial charge < -0.3 is 10.1 Å². The average Bonchev–Trinajstić information content (AvgIpc) is 2.56. The van der Waals surface area contributed by atoms with Crippen molar-refractivity contribution in [3.05, 3.63) is 6.07 Å². The van der Waals surface area contributed by atoms with Crippen LogP contribution in [0.25, 0.3) is 0 Å². The molecule has 1 rings (SSSR count). The van der Waals surface area contributed by atoms with Crippen molar-refractivity contribution in [3.63, 3.8) is 0 Å². The van der Waals surface area contributed by atoms with Gasteiger partial charge in [-0.1, -0.05) is 13.8 Å². The van der Waals surface area contributed by atoms with Crippen LogP contribution in [0.1, 0.15) is 34.6 Å². The van der Waals surface area contributed by atoms with Crippen LogP contribution in [0.3, 0.4) is 0 Å². The van der Waals surface area contributed by atoms with Gasteiger partial charge in [-0.15, -0.1) is 5.10 Å². The molecule has 82 valence electrons. The van der Waals surface area contributed by atoms with Gasteiger partial charge in [0, 0.05) is 12.1 Å². The number of nitrogens with zero attached hydrogens (tertiary/aromatic N) is 1. The Hall–Kier alpha value is -1.19. The second-order valence-corrected chi connectivity index (χ2v) is 2.85. The Kier molecular flexibility index (Phi) is 6.62. The summed E-state index contributed by atoms with van der Waals surface area (Å²) in [6.45, 7) is 10.7. The fourth-order valence-electron chi connectivity index (χ4n) is 0.910. The van der Waals surface area contributed by atoms with Gasteiger partial charge in [0.05, 0.1) is 6.61 Å². The smallest absolute Gasteiger partial charge is 0.234 e. The van der Waals surface area contributed by atoms with Crippen molar-refractivity contribution >= 4 is 5.82 Å². The largest absolute Gasteiger partial charge is 0.477 e. The van der Waals surface area contributed by atoms with Crippen molar-refractivity contribution in [1.82, 2.24) is 10.2 Å². The lowest BCUT2D eigenvalue weighted by molar-refractivity contribution is 0.326. The van der Waals surface area contributed by atoms with Crippen LogP contribution < -0.4 is 10.1 Å². The second kappa shape index (κ2) is 7.24. The third-order valence-corrected chi connectivity index (χ3v) is 1.29.